The molecule has 6 nitrogen and oxygen atoms in total. The van der Waals surface area contributed by atoms with Crippen LogP contribution in [0.4, 0.5) is 11.4 Å². The van der Waals surface area contributed by atoms with Crippen molar-refractivity contribution >= 4 is 34.8 Å². The third kappa shape index (κ3) is 7.45. The van der Waals surface area contributed by atoms with Gasteiger partial charge in [0.15, 0.2) is 0 Å². The number of unbranched alkanes of at least 4 members (excludes halogenated alkanes) is 1. The summed E-state index contributed by atoms with van der Waals surface area (Å²) in [6.07, 6.45) is 7.60. The van der Waals surface area contributed by atoms with Crippen molar-refractivity contribution in [3.63, 3.8) is 0 Å². The molecule has 1 aliphatic carbocycles. The van der Waals surface area contributed by atoms with E-state index in [-0.39, 0.29) is 24.4 Å². The zero-order valence-corrected chi connectivity index (χ0v) is 19.3. The summed E-state index contributed by atoms with van der Waals surface area (Å²) in [5, 5.41) is 9.34. The van der Waals surface area contributed by atoms with Gasteiger partial charge in [-0.2, -0.15) is 0 Å². The van der Waals surface area contributed by atoms with Crippen molar-refractivity contribution in [1.29, 1.82) is 0 Å². The number of carbonyl (C=O) groups excluding carboxylic acids is 2. The van der Waals surface area contributed by atoms with Gasteiger partial charge >= 0.3 is 0 Å². The Morgan fingerprint density at radius 3 is 2.47 bits per heavy atom. The Morgan fingerprint density at radius 2 is 1.75 bits per heavy atom. The minimum absolute atomic E-state index is 0.0995. The fourth-order valence-electron chi connectivity index (χ4n) is 3.68. The fraction of sp³-hybridized carbons (Fsp3) is 0.440. The van der Waals surface area contributed by atoms with E-state index in [2.05, 4.69) is 22.9 Å². The van der Waals surface area contributed by atoms with Gasteiger partial charge in [0.1, 0.15) is 5.75 Å². The molecule has 172 valence electrons. The molecule has 7 heteroatoms. The quantitative estimate of drug-likeness (QED) is 0.404. The molecule has 0 heterocycles. The SMILES string of the molecule is CCCCOc1ccc(NCC(=O)Nc2ccc(Cl)c(C(=O)NC3CCCCC3)c2)cc1. The monoisotopic (exact) mass is 457 g/mol. The van der Waals surface area contributed by atoms with E-state index in [0.29, 0.717) is 22.9 Å². The molecule has 1 aliphatic rings. The van der Waals surface area contributed by atoms with Crippen LogP contribution in [-0.4, -0.2) is 31.0 Å². The summed E-state index contributed by atoms with van der Waals surface area (Å²) in [6.45, 7) is 2.92. The summed E-state index contributed by atoms with van der Waals surface area (Å²) in [6, 6.07) is 12.7. The van der Waals surface area contributed by atoms with Crippen LogP contribution in [0.3, 0.4) is 0 Å². The Kier molecular flexibility index (Phi) is 9.23. The first-order valence-electron chi connectivity index (χ1n) is 11.4. The highest BCUT2D eigenvalue weighted by atomic mass is 35.5. The van der Waals surface area contributed by atoms with Crippen molar-refractivity contribution < 1.29 is 14.3 Å². The molecule has 3 rings (SSSR count). The molecule has 32 heavy (non-hydrogen) atoms. The van der Waals surface area contributed by atoms with E-state index < -0.39 is 0 Å². The number of hydrogen-bond acceptors (Lipinski definition) is 4. The molecule has 0 radical (unpaired) electrons. The Hall–Kier alpha value is -2.73. The smallest absolute Gasteiger partial charge is 0.253 e. The van der Waals surface area contributed by atoms with E-state index >= 15 is 0 Å². The summed E-state index contributed by atoms with van der Waals surface area (Å²) in [7, 11) is 0. The van der Waals surface area contributed by atoms with E-state index in [1.807, 2.05) is 24.3 Å². The largest absolute Gasteiger partial charge is 0.494 e. The number of ether oxygens (including phenoxy) is 1. The van der Waals surface area contributed by atoms with Gasteiger partial charge in [0.2, 0.25) is 5.91 Å². The molecule has 2 aromatic rings. The molecule has 1 saturated carbocycles. The van der Waals surface area contributed by atoms with Gasteiger partial charge in [0, 0.05) is 17.4 Å². The minimum atomic E-state index is -0.214. The molecular weight excluding hydrogens is 426 g/mol. The second kappa shape index (κ2) is 12.3. The molecule has 0 atom stereocenters. The first-order chi connectivity index (χ1) is 15.5. The lowest BCUT2D eigenvalue weighted by molar-refractivity contribution is -0.114. The predicted octanol–water partition coefficient (Wildman–Crippen LogP) is 5.63. The van der Waals surface area contributed by atoms with Crippen molar-refractivity contribution in [2.24, 2.45) is 0 Å². The Bertz CT molecular complexity index is 896. The van der Waals surface area contributed by atoms with Gasteiger partial charge < -0.3 is 20.7 Å². The Labute approximate surface area is 195 Å². The van der Waals surface area contributed by atoms with Crippen molar-refractivity contribution in [2.45, 2.75) is 57.9 Å². The molecule has 3 N–H and O–H groups in total. The standard InChI is InChI=1S/C25H32ClN3O3/c1-2-3-15-32-21-12-9-18(10-13-21)27-17-24(30)28-20-11-14-23(26)22(16-20)25(31)29-19-7-5-4-6-8-19/h9-14,16,19,27H,2-8,15,17H2,1H3,(H,28,30)(H,29,31). The van der Waals surface area contributed by atoms with Crippen molar-refractivity contribution in [1.82, 2.24) is 5.32 Å². The Morgan fingerprint density at radius 1 is 1.03 bits per heavy atom. The molecule has 0 unspecified atom stereocenters. The molecule has 0 bridgehead atoms. The van der Waals surface area contributed by atoms with Crippen LogP contribution in [-0.2, 0) is 4.79 Å². The third-order valence-corrected chi connectivity index (χ3v) is 5.84. The number of anilines is 2. The van der Waals surface area contributed by atoms with E-state index in [1.165, 1.54) is 6.42 Å². The van der Waals surface area contributed by atoms with Crippen LogP contribution in [0.15, 0.2) is 42.5 Å². The van der Waals surface area contributed by atoms with E-state index in [4.69, 9.17) is 16.3 Å². The molecule has 2 amide bonds. The van der Waals surface area contributed by atoms with E-state index in [0.717, 1.165) is 50.0 Å². The summed E-state index contributed by atoms with van der Waals surface area (Å²) in [5.74, 6) is 0.403. The number of amides is 2. The predicted molar refractivity (Wildman–Crippen MR) is 130 cm³/mol. The van der Waals surface area contributed by atoms with E-state index in [9.17, 15) is 9.59 Å². The zero-order valence-electron chi connectivity index (χ0n) is 18.6. The number of rotatable bonds is 10. The number of benzene rings is 2. The van der Waals surface area contributed by atoms with Gasteiger partial charge in [-0.25, -0.2) is 0 Å². The highest BCUT2D eigenvalue weighted by Crippen LogP contribution is 2.23. The second-order valence-corrected chi connectivity index (χ2v) is 8.54. The first-order valence-corrected chi connectivity index (χ1v) is 11.8. The number of halogens is 1. The van der Waals surface area contributed by atoms with Gasteiger partial charge in [-0.05, 0) is 61.7 Å². The maximum absolute atomic E-state index is 12.7. The van der Waals surface area contributed by atoms with Crippen LogP contribution < -0.4 is 20.7 Å². The number of hydrogen-bond donors (Lipinski definition) is 3. The lowest BCUT2D eigenvalue weighted by Gasteiger charge is -2.23. The molecule has 0 spiro atoms. The second-order valence-electron chi connectivity index (χ2n) is 8.13. The van der Waals surface area contributed by atoms with Crippen LogP contribution >= 0.6 is 11.6 Å². The third-order valence-electron chi connectivity index (χ3n) is 5.51. The van der Waals surface area contributed by atoms with E-state index in [1.54, 1.807) is 18.2 Å². The molecular formula is C25H32ClN3O3. The van der Waals surface area contributed by atoms with Gasteiger partial charge in [-0.1, -0.05) is 44.2 Å². The molecule has 0 aromatic heterocycles. The number of carbonyl (C=O) groups is 2. The zero-order chi connectivity index (χ0) is 22.8. The van der Waals surface area contributed by atoms with Gasteiger partial charge in [-0.15, -0.1) is 0 Å². The lowest BCUT2D eigenvalue weighted by Crippen LogP contribution is -2.36. The van der Waals surface area contributed by atoms with Gasteiger partial charge in [0.05, 0.1) is 23.7 Å². The summed E-state index contributed by atoms with van der Waals surface area (Å²) in [5.41, 5.74) is 1.74. The normalized spacial score (nSPS) is 13.9. The topological polar surface area (TPSA) is 79.5 Å². The lowest BCUT2D eigenvalue weighted by atomic mass is 9.95. The first kappa shape index (κ1) is 23.9. The summed E-state index contributed by atoms with van der Waals surface area (Å²) in [4.78, 5) is 25.0. The molecule has 1 fully saturated rings. The Balaban J connectivity index is 1.50. The summed E-state index contributed by atoms with van der Waals surface area (Å²) < 4.78 is 5.64. The summed E-state index contributed by atoms with van der Waals surface area (Å²) >= 11 is 6.24. The van der Waals surface area contributed by atoms with Crippen molar-refractivity contribution in [3.8, 4) is 5.75 Å². The van der Waals surface area contributed by atoms with Crippen molar-refractivity contribution in [2.75, 3.05) is 23.8 Å². The molecule has 0 saturated heterocycles. The van der Waals surface area contributed by atoms with Gasteiger partial charge in [0.25, 0.3) is 5.91 Å². The molecule has 0 aliphatic heterocycles. The van der Waals surface area contributed by atoms with Crippen molar-refractivity contribution in [3.05, 3.63) is 53.1 Å². The fourth-order valence-corrected chi connectivity index (χ4v) is 3.88. The maximum atomic E-state index is 12.7. The average Bonchev–Trinajstić information content (AvgIpc) is 2.80. The van der Waals surface area contributed by atoms with Crippen LogP contribution in [0.5, 0.6) is 5.75 Å². The number of nitrogens with one attached hydrogen (secondary N) is 3. The minimum Gasteiger partial charge on any atom is -0.494 e. The average molecular weight is 458 g/mol. The van der Waals surface area contributed by atoms with Crippen LogP contribution in [0.2, 0.25) is 5.02 Å². The highest BCUT2D eigenvalue weighted by molar-refractivity contribution is 6.34. The maximum Gasteiger partial charge on any atom is 0.253 e. The molecule has 2 aromatic carbocycles. The van der Waals surface area contributed by atoms with Crippen LogP contribution in [0.1, 0.15) is 62.2 Å². The van der Waals surface area contributed by atoms with Crippen LogP contribution in [0.25, 0.3) is 0 Å². The van der Waals surface area contributed by atoms with Gasteiger partial charge in [-0.3, -0.25) is 9.59 Å². The highest BCUT2D eigenvalue weighted by Gasteiger charge is 2.19. The van der Waals surface area contributed by atoms with Crippen LogP contribution in [0, 0.1) is 0 Å².